The lowest BCUT2D eigenvalue weighted by Gasteiger charge is -2.17. The van der Waals surface area contributed by atoms with Crippen molar-refractivity contribution in [3.8, 4) is 0 Å². The summed E-state index contributed by atoms with van der Waals surface area (Å²) in [6.07, 6.45) is 0.775. The molecular weight excluding hydrogens is 221 g/mol. The summed E-state index contributed by atoms with van der Waals surface area (Å²) in [5.74, 6) is -0.581. The quantitative estimate of drug-likeness (QED) is 0.739. The molecule has 5 heteroatoms. The van der Waals surface area contributed by atoms with Gasteiger partial charge in [-0.2, -0.15) is 0 Å². The fraction of sp³-hybridized carbons (Fsp3) is 0.333. The third kappa shape index (κ3) is 1.72. The van der Waals surface area contributed by atoms with Crippen LogP contribution in [0.25, 0.3) is 0 Å². The summed E-state index contributed by atoms with van der Waals surface area (Å²) in [5, 5.41) is 6.03. The first-order chi connectivity index (χ1) is 8.19. The number of carbonyl (C=O) groups is 1. The van der Waals surface area contributed by atoms with Gasteiger partial charge >= 0.3 is 0 Å². The van der Waals surface area contributed by atoms with Crippen molar-refractivity contribution < 1.29 is 9.18 Å². The number of rotatable bonds is 1. The molecule has 0 radical (unpaired) electrons. The van der Waals surface area contributed by atoms with Gasteiger partial charge in [-0.15, -0.1) is 0 Å². The fourth-order valence-electron chi connectivity index (χ4n) is 2.28. The van der Waals surface area contributed by atoms with Crippen LogP contribution in [-0.4, -0.2) is 30.4 Å². The largest absolute Gasteiger partial charge is 0.325 e. The molecule has 1 atom stereocenters. The van der Waals surface area contributed by atoms with Gasteiger partial charge in [-0.1, -0.05) is 12.1 Å². The van der Waals surface area contributed by atoms with Gasteiger partial charge in [-0.3, -0.25) is 4.79 Å². The second-order valence-corrected chi connectivity index (χ2v) is 4.38. The van der Waals surface area contributed by atoms with E-state index >= 15 is 0 Å². The molecule has 2 N–H and O–H groups in total. The lowest BCUT2D eigenvalue weighted by Crippen LogP contribution is -2.44. The van der Waals surface area contributed by atoms with Crippen LogP contribution in [0.3, 0.4) is 0 Å². The molecule has 1 fully saturated rings. The fourth-order valence-corrected chi connectivity index (χ4v) is 2.28. The Kier molecular flexibility index (Phi) is 2.22. The van der Waals surface area contributed by atoms with Crippen molar-refractivity contribution in [2.45, 2.75) is 12.1 Å². The molecule has 1 aromatic rings. The van der Waals surface area contributed by atoms with Crippen LogP contribution in [0.5, 0.6) is 0 Å². The predicted octanol–water partition coefficient (Wildman–Crippen LogP) is 0.434. The van der Waals surface area contributed by atoms with E-state index in [1.807, 2.05) is 0 Å². The minimum Gasteiger partial charge on any atom is -0.325 e. The van der Waals surface area contributed by atoms with E-state index in [2.05, 4.69) is 15.6 Å². The molecule has 1 spiro atoms. The standard InChI is InChI=1S/C12H12FN3O/c13-9-3-1-2-8(6-9)10-11(17)16-12(15-10)4-5-14-7-12/h1-3,6,14H,4-5,7H2,(H,16,17). The van der Waals surface area contributed by atoms with Gasteiger partial charge in [0.1, 0.15) is 17.2 Å². The van der Waals surface area contributed by atoms with E-state index in [0.717, 1.165) is 13.0 Å². The molecule has 0 aliphatic carbocycles. The molecule has 3 rings (SSSR count). The maximum atomic E-state index is 13.1. The van der Waals surface area contributed by atoms with Gasteiger partial charge in [0.15, 0.2) is 0 Å². The van der Waals surface area contributed by atoms with E-state index in [4.69, 9.17) is 0 Å². The van der Waals surface area contributed by atoms with Crippen LogP contribution in [0.4, 0.5) is 4.39 Å². The van der Waals surface area contributed by atoms with Crippen molar-refractivity contribution in [2.24, 2.45) is 4.99 Å². The summed E-state index contributed by atoms with van der Waals surface area (Å²) in [6, 6.07) is 5.96. The van der Waals surface area contributed by atoms with Crippen LogP contribution in [0.1, 0.15) is 12.0 Å². The van der Waals surface area contributed by atoms with Crippen molar-refractivity contribution in [3.05, 3.63) is 35.6 Å². The third-order valence-corrected chi connectivity index (χ3v) is 3.12. The third-order valence-electron chi connectivity index (χ3n) is 3.12. The molecule has 0 saturated carbocycles. The molecular formula is C12H12FN3O. The molecule has 2 aliphatic heterocycles. The zero-order chi connectivity index (χ0) is 11.9. The molecule has 4 nitrogen and oxygen atoms in total. The van der Waals surface area contributed by atoms with Crippen LogP contribution in [0, 0.1) is 5.82 Å². The van der Waals surface area contributed by atoms with Gasteiger partial charge < -0.3 is 10.6 Å². The zero-order valence-electron chi connectivity index (χ0n) is 9.16. The molecule has 1 saturated heterocycles. The maximum Gasteiger partial charge on any atom is 0.272 e. The van der Waals surface area contributed by atoms with Crippen molar-refractivity contribution >= 4 is 11.6 Å². The Hall–Kier alpha value is -1.75. The first-order valence-corrected chi connectivity index (χ1v) is 5.58. The van der Waals surface area contributed by atoms with E-state index in [1.54, 1.807) is 12.1 Å². The number of amides is 1. The number of halogens is 1. The maximum absolute atomic E-state index is 13.1. The van der Waals surface area contributed by atoms with Crippen LogP contribution >= 0.6 is 0 Å². The minimum atomic E-state index is -0.515. The lowest BCUT2D eigenvalue weighted by molar-refractivity contribution is -0.115. The molecule has 1 aromatic carbocycles. The van der Waals surface area contributed by atoms with E-state index in [0.29, 0.717) is 17.8 Å². The smallest absolute Gasteiger partial charge is 0.272 e. The monoisotopic (exact) mass is 233 g/mol. The Morgan fingerprint density at radius 1 is 1.41 bits per heavy atom. The number of aliphatic imine (C=N–C) groups is 1. The van der Waals surface area contributed by atoms with Crippen LogP contribution in [0.2, 0.25) is 0 Å². The molecule has 88 valence electrons. The minimum absolute atomic E-state index is 0.223. The topological polar surface area (TPSA) is 53.5 Å². The van der Waals surface area contributed by atoms with Crippen LogP contribution in [-0.2, 0) is 4.79 Å². The Labute approximate surface area is 97.9 Å². The van der Waals surface area contributed by atoms with Crippen LogP contribution < -0.4 is 10.6 Å². The van der Waals surface area contributed by atoms with Gasteiger partial charge in [0.2, 0.25) is 0 Å². The summed E-state index contributed by atoms with van der Waals surface area (Å²) in [6.45, 7) is 1.47. The summed E-state index contributed by atoms with van der Waals surface area (Å²) in [5.41, 5.74) is 0.345. The van der Waals surface area contributed by atoms with Crippen molar-refractivity contribution in [2.75, 3.05) is 13.1 Å². The number of nitrogens with zero attached hydrogens (tertiary/aromatic N) is 1. The molecule has 2 aliphatic rings. The van der Waals surface area contributed by atoms with Gasteiger partial charge in [-0.25, -0.2) is 9.38 Å². The number of nitrogens with one attached hydrogen (secondary N) is 2. The highest BCUT2D eigenvalue weighted by Gasteiger charge is 2.41. The second kappa shape index (κ2) is 3.63. The van der Waals surface area contributed by atoms with E-state index < -0.39 is 5.66 Å². The van der Waals surface area contributed by atoms with Gasteiger partial charge in [0, 0.05) is 18.5 Å². The van der Waals surface area contributed by atoms with Gasteiger partial charge in [0.05, 0.1) is 0 Å². The normalized spacial score (nSPS) is 27.4. The number of benzene rings is 1. The summed E-state index contributed by atoms with van der Waals surface area (Å²) < 4.78 is 13.1. The molecule has 1 unspecified atom stereocenters. The SMILES string of the molecule is O=C1NC2(CCNC2)N=C1c1cccc(F)c1. The first-order valence-electron chi connectivity index (χ1n) is 5.58. The molecule has 0 bridgehead atoms. The number of carbonyl (C=O) groups excluding carboxylic acids is 1. The van der Waals surface area contributed by atoms with Crippen LogP contribution in [0.15, 0.2) is 29.3 Å². The Morgan fingerprint density at radius 2 is 2.29 bits per heavy atom. The Bertz CT molecular complexity index is 506. The predicted molar refractivity (Wildman–Crippen MR) is 61.3 cm³/mol. The molecule has 0 aromatic heterocycles. The summed E-state index contributed by atoms with van der Waals surface area (Å²) >= 11 is 0. The molecule has 1 amide bonds. The van der Waals surface area contributed by atoms with Crippen molar-refractivity contribution in [3.63, 3.8) is 0 Å². The highest BCUT2D eigenvalue weighted by molar-refractivity contribution is 6.46. The second-order valence-electron chi connectivity index (χ2n) is 4.38. The summed E-state index contributed by atoms with van der Waals surface area (Å²) in [4.78, 5) is 16.3. The average molecular weight is 233 g/mol. The van der Waals surface area contributed by atoms with E-state index in [9.17, 15) is 9.18 Å². The zero-order valence-corrected chi connectivity index (χ0v) is 9.16. The Morgan fingerprint density at radius 3 is 3.00 bits per heavy atom. The summed E-state index contributed by atoms with van der Waals surface area (Å²) in [7, 11) is 0. The average Bonchev–Trinajstić information content (AvgIpc) is 2.87. The Balaban J connectivity index is 2.00. The molecule has 17 heavy (non-hydrogen) atoms. The number of hydrogen-bond donors (Lipinski definition) is 2. The van der Waals surface area contributed by atoms with Crippen molar-refractivity contribution in [1.82, 2.24) is 10.6 Å². The van der Waals surface area contributed by atoms with Gasteiger partial charge in [0.25, 0.3) is 5.91 Å². The lowest BCUT2D eigenvalue weighted by atomic mass is 10.1. The van der Waals surface area contributed by atoms with Gasteiger partial charge in [-0.05, 0) is 18.7 Å². The first kappa shape index (κ1) is 10.4. The molecule has 2 heterocycles. The highest BCUT2D eigenvalue weighted by atomic mass is 19.1. The van der Waals surface area contributed by atoms with E-state index in [-0.39, 0.29) is 11.7 Å². The number of hydrogen-bond acceptors (Lipinski definition) is 3. The van der Waals surface area contributed by atoms with Crippen molar-refractivity contribution in [1.29, 1.82) is 0 Å². The highest BCUT2D eigenvalue weighted by Crippen LogP contribution is 2.23. The van der Waals surface area contributed by atoms with E-state index in [1.165, 1.54) is 12.1 Å².